The second-order valence-electron chi connectivity index (χ2n) is 7.70. The Labute approximate surface area is 167 Å². The maximum absolute atomic E-state index is 12.5. The van der Waals surface area contributed by atoms with Crippen molar-refractivity contribution in [3.8, 4) is 0 Å². The monoisotopic (exact) mass is 397 g/mol. The molecule has 7 heteroatoms. The van der Waals surface area contributed by atoms with Gasteiger partial charge in [-0.1, -0.05) is 31.9 Å². The smallest absolute Gasteiger partial charge is 0.336 e. The highest BCUT2D eigenvalue weighted by molar-refractivity contribution is 6.07. The molecule has 1 saturated heterocycles. The molecule has 2 aromatic rings. The Balaban J connectivity index is 1.46. The van der Waals surface area contributed by atoms with Gasteiger partial charge in [0.25, 0.3) is 0 Å². The first-order valence-corrected chi connectivity index (χ1v) is 10.0. The third-order valence-corrected chi connectivity index (χ3v) is 5.91. The van der Waals surface area contributed by atoms with Crippen molar-refractivity contribution in [3.05, 3.63) is 45.8 Å². The van der Waals surface area contributed by atoms with Crippen LogP contribution in [0.25, 0.3) is 11.0 Å². The van der Waals surface area contributed by atoms with Gasteiger partial charge < -0.3 is 9.15 Å². The van der Waals surface area contributed by atoms with Crippen LogP contribution < -0.4 is 5.63 Å². The fourth-order valence-electron chi connectivity index (χ4n) is 4.33. The molecular weight excluding hydrogens is 374 g/mol. The Bertz CT molecular complexity index is 1020. The first kappa shape index (κ1) is 19.4. The molecule has 1 aromatic carbocycles. The number of carbonyl (C=O) groups excluding carboxylic acids is 3. The molecule has 0 bridgehead atoms. The Morgan fingerprint density at radius 3 is 2.45 bits per heavy atom. The molecule has 2 atom stereocenters. The van der Waals surface area contributed by atoms with Gasteiger partial charge in [0, 0.05) is 17.0 Å². The zero-order valence-electron chi connectivity index (χ0n) is 16.3. The Kier molecular flexibility index (Phi) is 5.22. The van der Waals surface area contributed by atoms with Crippen LogP contribution in [0.1, 0.15) is 43.7 Å². The minimum Gasteiger partial charge on any atom is -0.459 e. The normalized spacial score (nSPS) is 21.5. The molecule has 0 unspecified atom stereocenters. The minimum atomic E-state index is -0.670. The van der Waals surface area contributed by atoms with Crippen molar-refractivity contribution in [2.24, 2.45) is 11.8 Å². The van der Waals surface area contributed by atoms with E-state index in [1.54, 1.807) is 6.07 Å². The first-order chi connectivity index (χ1) is 14.0. The molecule has 2 fully saturated rings. The summed E-state index contributed by atoms with van der Waals surface area (Å²) in [6.07, 6.45) is 4.07. The number of ether oxygens (including phenoxy) is 1. The van der Waals surface area contributed by atoms with Crippen molar-refractivity contribution in [2.45, 2.75) is 45.6 Å². The molecule has 1 aromatic heterocycles. The predicted octanol–water partition coefficient (Wildman–Crippen LogP) is 2.57. The Morgan fingerprint density at radius 1 is 1.10 bits per heavy atom. The molecule has 4 rings (SSSR count). The fourth-order valence-corrected chi connectivity index (χ4v) is 4.33. The second kappa shape index (κ2) is 7.81. The van der Waals surface area contributed by atoms with Crippen LogP contribution >= 0.6 is 0 Å². The van der Waals surface area contributed by atoms with Crippen LogP contribution in [0, 0.1) is 11.8 Å². The number of nitrogens with zero attached hydrogens (tertiary/aromatic N) is 1. The van der Waals surface area contributed by atoms with Crippen molar-refractivity contribution < 1.29 is 23.5 Å². The average Bonchev–Trinajstić information content (AvgIpc) is 2.96. The lowest BCUT2D eigenvalue weighted by Crippen LogP contribution is -2.36. The summed E-state index contributed by atoms with van der Waals surface area (Å²) in [5.74, 6) is -1.79. The van der Waals surface area contributed by atoms with Crippen LogP contribution in [-0.2, 0) is 32.1 Å². The number of benzene rings is 1. The van der Waals surface area contributed by atoms with Gasteiger partial charge in [0.15, 0.2) is 0 Å². The molecule has 2 aliphatic rings. The summed E-state index contributed by atoms with van der Waals surface area (Å²) in [6, 6.07) is 6.85. The molecule has 152 valence electrons. The molecule has 2 heterocycles. The lowest BCUT2D eigenvalue weighted by molar-refractivity contribution is -0.153. The van der Waals surface area contributed by atoms with Crippen molar-refractivity contribution >= 4 is 28.8 Å². The molecule has 29 heavy (non-hydrogen) atoms. The standard InChI is InChI=1S/C22H23NO6/c1-2-13-7-8-15-14(10-19(24)29-18(15)9-13)12-28-20(25)11-23-21(26)16-5-3-4-6-17(16)22(23)27/h7-10,16-17H,2-6,11-12H2,1H3/t16-,17-/m1/s1. The molecule has 0 spiro atoms. The van der Waals surface area contributed by atoms with Gasteiger partial charge in [-0.3, -0.25) is 19.3 Å². The van der Waals surface area contributed by atoms with E-state index in [1.807, 2.05) is 19.1 Å². The number of aryl methyl sites for hydroxylation is 1. The van der Waals surface area contributed by atoms with Crippen LogP contribution in [0.2, 0.25) is 0 Å². The Morgan fingerprint density at radius 2 is 1.79 bits per heavy atom. The van der Waals surface area contributed by atoms with E-state index in [1.165, 1.54) is 6.07 Å². The van der Waals surface area contributed by atoms with Gasteiger partial charge in [-0.05, 0) is 30.9 Å². The number of carbonyl (C=O) groups is 3. The van der Waals surface area contributed by atoms with Crippen molar-refractivity contribution in [3.63, 3.8) is 0 Å². The van der Waals surface area contributed by atoms with Crippen LogP contribution in [0.4, 0.5) is 0 Å². The largest absolute Gasteiger partial charge is 0.459 e. The van der Waals surface area contributed by atoms with Gasteiger partial charge in [-0.2, -0.15) is 0 Å². The van der Waals surface area contributed by atoms with Gasteiger partial charge >= 0.3 is 11.6 Å². The van der Waals surface area contributed by atoms with Gasteiger partial charge in [-0.15, -0.1) is 0 Å². The third kappa shape index (κ3) is 3.69. The van der Waals surface area contributed by atoms with E-state index in [4.69, 9.17) is 9.15 Å². The maximum atomic E-state index is 12.5. The van der Waals surface area contributed by atoms with E-state index in [2.05, 4.69) is 0 Å². The lowest BCUT2D eigenvalue weighted by Gasteiger charge is -2.19. The predicted molar refractivity (Wildman–Crippen MR) is 104 cm³/mol. The summed E-state index contributed by atoms with van der Waals surface area (Å²) in [4.78, 5) is 50.2. The van der Waals surface area contributed by atoms with Crippen LogP contribution in [0.5, 0.6) is 0 Å². The van der Waals surface area contributed by atoms with E-state index in [0.29, 0.717) is 29.4 Å². The van der Waals surface area contributed by atoms with Gasteiger partial charge in [0.2, 0.25) is 11.8 Å². The van der Waals surface area contributed by atoms with E-state index >= 15 is 0 Å². The number of rotatable bonds is 5. The van der Waals surface area contributed by atoms with Gasteiger partial charge in [0.05, 0.1) is 11.8 Å². The summed E-state index contributed by atoms with van der Waals surface area (Å²) in [6.45, 7) is 1.49. The molecule has 0 radical (unpaired) electrons. The van der Waals surface area contributed by atoms with Crippen molar-refractivity contribution in [1.82, 2.24) is 4.90 Å². The van der Waals surface area contributed by atoms with Crippen LogP contribution in [0.15, 0.2) is 33.5 Å². The number of likely N-dealkylation sites (tertiary alicyclic amines) is 1. The van der Waals surface area contributed by atoms with Crippen molar-refractivity contribution in [2.75, 3.05) is 6.54 Å². The number of hydrogen-bond donors (Lipinski definition) is 0. The molecule has 1 aliphatic carbocycles. The number of imide groups is 1. The van der Waals surface area contributed by atoms with Crippen LogP contribution in [-0.4, -0.2) is 29.2 Å². The average molecular weight is 397 g/mol. The molecule has 7 nitrogen and oxygen atoms in total. The lowest BCUT2D eigenvalue weighted by atomic mass is 9.81. The highest BCUT2D eigenvalue weighted by Gasteiger charge is 2.48. The highest BCUT2D eigenvalue weighted by Crippen LogP contribution is 2.37. The summed E-state index contributed by atoms with van der Waals surface area (Å²) < 4.78 is 10.5. The first-order valence-electron chi connectivity index (χ1n) is 10.0. The van der Waals surface area contributed by atoms with Crippen LogP contribution in [0.3, 0.4) is 0 Å². The quantitative estimate of drug-likeness (QED) is 0.437. The second-order valence-corrected chi connectivity index (χ2v) is 7.70. The van der Waals surface area contributed by atoms with Crippen molar-refractivity contribution in [1.29, 1.82) is 0 Å². The maximum Gasteiger partial charge on any atom is 0.336 e. The van der Waals surface area contributed by atoms with Gasteiger partial charge in [0.1, 0.15) is 18.7 Å². The zero-order chi connectivity index (χ0) is 20.5. The third-order valence-electron chi connectivity index (χ3n) is 5.91. The fraction of sp³-hybridized carbons (Fsp3) is 0.455. The molecule has 2 amide bonds. The zero-order valence-corrected chi connectivity index (χ0v) is 16.3. The molecule has 0 N–H and O–H groups in total. The Hall–Kier alpha value is -2.96. The summed E-state index contributed by atoms with van der Waals surface area (Å²) in [5.41, 5.74) is 1.48. The van der Waals surface area contributed by atoms with E-state index in [0.717, 1.165) is 29.7 Å². The molecule has 1 saturated carbocycles. The van der Waals surface area contributed by atoms with Gasteiger partial charge in [-0.25, -0.2) is 4.79 Å². The van der Waals surface area contributed by atoms with E-state index < -0.39 is 11.6 Å². The minimum absolute atomic E-state index is 0.129. The summed E-state index contributed by atoms with van der Waals surface area (Å²) in [5, 5.41) is 0.689. The number of amides is 2. The summed E-state index contributed by atoms with van der Waals surface area (Å²) in [7, 11) is 0. The molecular formula is C22H23NO6. The van der Waals surface area contributed by atoms with E-state index in [-0.39, 0.29) is 36.8 Å². The number of hydrogen-bond acceptors (Lipinski definition) is 6. The summed E-state index contributed by atoms with van der Waals surface area (Å²) >= 11 is 0. The number of fused-ring (bicyclic) bond motifs is 2. The van der Waals surface area contributed by atoms with E-state index in [9.17, 15) is 19.2 Å². The topological polar surface area (TPSA) is 93.9 Å². The highest BCUT2D eigenvalue weighted by atomic mass is 16.5. The SMILES string of the molecule is CCc1ccc2c(COC(=O)CN3C(=O)[C@@H]4CCCC[C@H]4C3=O)cc(=O)oc2c1. The molecule has 1 aliphatic heterocycles. The number of esters is 1.